The highest BCUT2D eigenvalue weighted by Gasteiger charge is 2.45. The van der Waals surface area contributed by atoms with Crippen molar-refractivity contribution >= 4 is 65.8 Å². The van der Waals surface area contributed by atoms with E-state index in [1.54, 1.807) is 13.1 Å². The first-order valence-corrected chi connectivity index (χ1v) is 17.5. The van der Waals surface area contributed by atoms with Gasteiger partial charge in [-0.25, -0.2) is 4.79 Å². The normalized spacial score (nSPS) is 16.1. The monoisotopic (exact) mass is 407 g/mol. The first-order valence-electron chi connectivity index (χ1n) is 5.63. The van der Waals surface area contributed by atoms with Crippen molar-refractivity contribution in [1.82, 2.24) is 9.13 Å². The average Bonchev–Trinajstić information content (AvgIpc) is 2.66. The van der Waals surface area contributed by atoms with Crippen molar-refractivity contribution in [3.05, 3.63) is 26.9 Å². The van der Waals surface area contributed by atoms with Crippen LogP contribution in [0.3, 0.4) is 0 Å². The summed E-state index contributed by atoms with van der Waals surface area (Å²) in [6.45, 7) is 0.762. The zero-order valence-electron chi connectivity index (χ0n) is 10.6. The maximum Gasteiger partial charge on any atom is 0.333 e. The Labute approximate surface area is 137 Å². The molecule has 0 saturated carbocycles. The number of aromatic nitrogens is 2. The number of halogens is 4. The molecule has 0 atom stereocenters. The number of rotatable bonds is 3. The molecule has 1 aromatic rings. The Kier molecular flexibility index (Phi) is 4.57. The summed E-state index contributed by atoms with van der Waals surface area (Å²) < 4.78 is 8.05. The summed E-state index contributed by atoms with van der Waals surface area (Å²) in [7, 11) is -1.56. The molecule has 111 valence electrons. The maximum atomic E-state index is 12.3. The molecule has 5 nitrogen and oxygen atoms in total. The van der Waals surface area contributed by atoms with Gasteiger partial charge in [0.2, 0.25) is 0 Å². The molecule has 0 unspecified atom stereocenters. The lowest BCUT2D eigenvalue weighted by Crippen LogP contribution is -2.46. The largest absolute Gasteiger partial charge is 0.528 e. The number of fused-ring (bicyclic) bond motifs is 1. The van der Waals surface area contributed by atoms with Crippen LogP contribution in [0.2, 0.25) is 13.1 Å². The summed E-state index contributed by atoms with van der Waals surface area (Å²) in [5.74, 6) is 0.234. The van der Waals surface area contributed by atoms with E-state index in [0.29, 0.717) is 6.17 Å². The van der Waals surface area contributed by atoms with Crippen LogP contribution in [0.15, 0.2) is 15.7 Å². The van der Waals surface area contributed by atoms with Gasteiger partial charge in [0.15, 0.2) is 5.88 Å². The summed E-state index contributed by atoms with van der Waals surface area (Å²) in [6, 6.07) is 1.26. The molecule has 1 aromatic heterocycles. The topological polar surface area (TPSA) is 53.2 Å². The van der Waals surface area contributed by atoms with Crippen molar-refractivity contribution < 1.29 is 4.43 Å². The minimum absolute atomic E-state index is 0.0343. The Bertz CT molecular complexity index is 648. The van der Waals surface area contributed by atoms with E-state index in [2.05, 4.69) is 0 Å². The van der Waals surface area contributed by atoms with Gasteiger partial charge in [-0.1, -0.05) is 0 Å². The van der Waals surface area contributed by atoms with Crippen LogP contribution in [0.1, 0.15) is 0 Å². The van der Waals surface area contributed by atoms with Crippen LogP contribution in [0.5, 0.6) is 5.88 Å². The van der Waals surface area contributed by atoms with Gasteiger partial charge in [0, 0.05) is 0 Å². The number of hydrogen-bond donors (Lipinski definition) is 0. The highest BCUT2D eigenvalue weighted by molar-refractivity contribution is 7.69. The van der Waals surface area contributed by atoms with Crippen LogP contribution in [0.4, 0.5) is 0 Å². The van der Waals surface area contributed by atoms with Crippen molar-refractivity contribution in [1.29, 1.82) is 0 Å². The summed E-state index contributed by atoms with van der Waals surface area (Å²) in [5, 5.41) is 0. The highest BCUT2D eigenvalue weighted by Crippen LogP contribution is 2.26. The predicted octanol–water partition coefficient (Wildman–Crippen LogP) is 1.65. The standard InChI is InChI=1S/C8H11Cl4N2O3Si3/c1-19(9,10)5-14-6(15)3-7-13(8(14)16)4-18(17-7)20(2,11)12/h3H,4-5H2,1-2H3. The first kappa shape index (κ1) is 16.7. The molecule has 1 radical (unpaired) electrons. The van der Waals surface area contributed by atoms with E-state index in [4.69, 9.17) is 48.7 Å². The fourth-order valence-corrected chi connectivity index (χ4v) is 8.79. The van der Waals surface area contributed by atoms with Crippen LogP contribution in [0.25, 0.3) is 0 Å². The van der Waals surface area contributed by atoms with E-state index in [1.165, 1.54) is 10.6 Å². The lowest BCUT2D eigenvalue weighted by molar-refractivity contribution is 0.551. The number of nitrogens with zero attached hydrogens (tertiary/aromatic N) is 2. The van der Waals surface area contributed by atoms with E-state index in [9.17, 15) is 9.59 Å². The lowest BCUT2D eigenvalue weighted by atomic mass is 10.6. The summed E-state index contributed by atoms with van der Waals surface area (Å²) in [4.78, 5) is 24.3. The predicted molar refractivity (Wildman–Crippen MR) is 88.0 cm³/mol. The molecule has 2 rings (SSSR count). The van der Waals surface area contributed by atoms with E-state index in [-0.39, 0.29) is 12.0 Å². The molecule has 0 aliphatic carbocycles. The molecule has 0 N–H and O–H groups in total. The Morgan fingerprint density at radius 3 is 2.40 bits per heavy atom. The van der Waals surface area contributed by atoms with Gasteiger partial charge in [-0.3, -0.25) is 13.9 Å². The minimum Gasteiger partial charge on any atom is -0.528 e. The van der Waals surface area contributed by atoms with Gasteiger partial charge >= 0.3 is 14.2 Å². The van der Waals surface area contributed by atoms with Crippen molar-refractivity contribution in [3.63, 3.8) is 0 Å². The van der Waals surface area contributed by atoms with Crippen molar-refractivity contribution in [2.45, 2.75) is 25.4 Å². The molecule has 1 aliphatic heterocycles. The van der Waals surface area contributed by atoms with Gasteiger partial charge in [-0.15, -0.1) is 44.3 Å². The summed E-state index contributed by atoms with van der Waals surface area (Å²) in [5.41, 5.74) is -0.948. The van der Waals surface area contributed by atoms with Gasteiger partial charge < -0.3 is 4.43 Å². The molecule has 0 amide bonds. The fraction of sp³-hybridized carbons (Fsp3) is 0.500. The Balaban J connectivity index is 2.46. The Morgan fingerprint density at radius 2 is 1.90 bits per heavy atom. The molecule has 0 aromatic carbocycles. The van der Waals surface area contributed by atoms with Crippen molar-refractivity contribution in [2.24, 2.45) is 0 Å². The zero-order valence-corrected chi connectivity index (χ0v) is 16.6. The van der Waals surface area contributed by atoms with Gasteiger partial charge in [0.05, 0.1) is 18.4 Å². The average molecular weight is 409 g/mol. The van der Waals surface area contributed by atoms with Crippen LogP contribution >= 0.6 is 44.3 Å². The molecular weight excluding hydrogens is 398 g/mol. The molecule has 0 fully saturated rings. The third-order valence-corrected chi connectivity index (χ3v) is 13.8. The molecule has 0 spiro atoms. The molecular formula is C8H11Cl4N2O3Si3. The van der Waals surface area contributed by atoms with Gasteiger partial charge in [0.25, 0.3) is 18.5 Å². The fourth-order valence-electron chi connectivity index (χ4n) is 1.78. The smallest absolute Gasteiger partial charge is 0.333 e. The maximum absolute atomic E-state index is 12.3. The third kappa shape index (κ3) is 3.54. The molecule has 20 heavy (non-hydrogen) atoms. The molecule has 2 heterocycles. The Morgan fingerprint density at radius 1 is 1.30 bits per heavy atom. The molecule has 0 saturated heterocycles. The van der Waals surface area contributed by atoms with Crippen LogP contribution in [-0.4, -0.2) is 30.6 Å². The SMILES string of the molecule is C[Si](Cl)(Cl)Cn1c(=O)cc2n(c1=O)C[Si]([Si](C)(Cl)Cl)O2. The summed E-state index contributed by atoms with van der Waals surface area (Å²) >= 11 is 24.3. The second kappa shape index (κ2) is 5.49. The third-order valence-electron chi connectivity index (χ3n) is 2.70. The molecule has 1 aliphatic rings. The van der Waals surface area contributed by atoms with Crippen LogP contribution in [0, 0.1) is 0 Å². The highest BCUT2D eigenvalue weighted by atomic mass is 35.7. The van der Waals surface area contributed by atoms with Gasteiger partial charge in [-0.05, 0) is 13.1 Å². The first-order chi connectivity index (χ1) is 8.99. The van der Waals surface area contributed by atoms with Crippen LogP contribution in [-0.2, 0) is 12.3 Å². The number of hydrogen-bond acceptors (Lipinski definition) is 3. The lowest BCUT2D eigenvalue weighted by Gasteiger charge is -2.13. The second-order valence-corrected chi connectivity index (χ2v) is 27.6. The minimum atomic E-state index is -2.63. The van der Waals surface area contributed by atoms with Crippen molar-refractivity contribution in [3.8, 4) is 5.88 Å². The summed E-state index contributed by atoms with van der Waals surface area (Å²) in [6.07, 6.45) is -2.15. The van der Waals surface area contributed by atoms with E-state index < -0.39 is 32.7 Å². The second-order valence-electron chi connectivity index (χ2n) is 4.76. The Hall–Kier alpha value is 0.291. The quantitative estimate of drug-likeness (QED) is 0.564. The van der Waals surface area contributed by atoms with E-state index >= 15 is 0 Å². The van der Waals surface area contributed by atoms with Gasteiger partial charge in [-0.2, -0.15) is 0 Å². The van der Waals surface area contributed by atoms with Gasteiger partial charge in [0.1, 0.15) is 0 Å². The van der Waals surface area contributed by atoms with Crippen LogP contribution < -0.4 is 15.7 Å². The molecule has 0 bridgehead atoms. The molecule has 12 heteroatoms. The zero-order chi connectivity index (χ0) is 15.3. The van der Waals surface area contributed by atoms with E-state index in [0.717, 1.165) is 4.57 Å². The van der Waals surface area contributed by atoms with Crippen molar-refractivity contribution in [2.75, 3.05) is 0 Å². The van der Waals surface area contributed by atoms with E-state index in [1.807, 2.05) is 0 Å².